The minimum absolute atomic E-state index is 0.244. The Bertz CT molecular complexity index is 1080. The Morgan fingerprint density at radius 3 is 2.61 bits per heavy atom. The monoisotopic (exact) mass is 387 g/mol. The number of imidazole rings is 1. The number of benzene rings is 1. The van der Waals surface area contributed by atoms with E-state index in [2.05, 4.69) is 9.97 Å². The highest BCUT2D eigenvalue weighted by atomic mass is 19.4. The number of hydrogen-bond acceptors (Lipinski definition) is 4. The molecule has 0 fully saturated rings. The molecule has 0 spiro atoms. The lowest BCUT2D eigenvalue weighted by atomic mass is 10.2. The van der Waals surface area contributed by atoms with Crippen LogP contribution in [0.3, 0.4) is 0 Å². The van der Waals surface area contributed by atoms with E-state index in [1.54, 1.807) is 35.9 Å². The van der Waals surface area contributed by atoms with Gasteiger partial charge in [0.05, 0.1) is 16.6 Å². The molecule has 1 aromatic carbocycles. The standard InChI is InChI=1S/C20H16F3N3O2/c1-3-13(20(21,22)23)4-7-19-25-17-11-15(5-6-18(17)26(19)2)28-16-8-9-24-14(10-16)12-27/h3-12H,1-2H3/b7-4-,13-3+. The Hall–Kier alpha value is -3.42. The predicted molar refractivity (Wildman–Crippen MR) is 99.3 cm³/mol. The highest BCUT2D eigenvalue weighted by molar-refractivity contribution is 5.79. The van der Waals surface area contributed by atoms with Crippen molar-refractivity contribution in [3.8, 4) is 11.5 Å². The van der Waals surface area contributed by atoms with Gasteiger partial charge in [-0.15, -0.1) is 0 Å². The molecule has 2 aromatic heterocycles. The summed E-state index contributed by atoms with van der Waals surface area (Å²) in [4.78, 5) is 19.0. The van der Waals surface area contributed by atoms with E-state index in [1.807, 2.05) is 0 Å². The summed E-state index contributed by atoms with van der Waals surface area (Å²) in [6, 6.07) is 8.26. The number of nitrogens with zero attached hydrogens (tertiary/aromatic N) is 3. The van der Waals surface area contributed by atoms with E-state index >= 15 is 0 Å². The Morgan fingerprint density at radius 2 is 1.93 bits per heavy atom. The van der Waals surface area contributed by atoms with Gasteiger partial charge in [0.25, 0.3) is 0 Å². The third-order valence-electron chi connectivity index (χ3n) is 4.05. The average Bonchev–Trinajstić information content (AvgIpc) is 2.96. The third-order valence-corrected chi connectivity index (χ3v) is 4.05. The van der Waals surface area contributed by atoms with Gasteiger partial charge >= 0.3 is 6.18 Å². The number of aldehydes is 1. The molecule has 144 valence electrons. The SMILES string of the molecule is C/C=C(\C=C/c1nc2cc(Oc3ccnc(C=O)c3)ccc2n1C)C(F)(F)F. The van der Waals surface area contributed by atoms with Crippen molar-refractivity contribution >= 4 is 23.4 Å². The number of alkyl halides is 3. The second-order valence-electron chi connectivity index (χ2n) is 5.89. The highest BCUT2D eigenvalue weighted by Crippen LogP contribution is 2.28. The van der Waals surface area contributed by atoms with Gasteiger partial charge in [0.15, 0.2) is 6.29 Å². The second kappa shape index (κ2) is 7.67. The lowest BCUT2D eigenvalue weighted by Gasteiger charge is -2.06. The summed E-state index contributed by atoms with van der Waals surface area (Å²) in [6.07, 6.45) is 0.989. The summed E-state index contributed by atoms with van der Waals surface area (Å²) in [7, 11) is 1.72. The molecule has 0 aliphatic carbocycles. The summed E-state index contributed by atoms with van der Waals surface area (Å²) in [5, 5.41) is 0. The molecule has 0 amide bonds. The first-order valence-electron chi connectivity index (χ1n) is 8.29. The normalized spacial score (nSPS) is 12.7. The fourth-order valence-corrected chi connectivity index (χ4v) is 2.62. The van der Waals surface area contributed by atoms with Crippen LogP contribution in [0.5, 0.6) is 11.5 Å². The predicted octanol–water partition coefficient (Wildman–Crippen LogP) is 5.09. The smallest absolute Gasteiger partial charge is 0.416 e. The van der Waals surface area contributed by atoms with E-state index in [0.717, 1.165) is 17.7 Å². The maximum absolute atomic E-state index is 12.9. The quantitative estimate of drug-likeness (QED) is 0.452. The first-order valence-corrected chi connectivity index (χ1v) is 8.29. The van der Waals surface area contributed by atoms with Crippen LogP contribution in [0.2, 0.25) is 0 Å². The number of hydrogen-bond donors (Lipinski definition) is 0. The molecule has 3 rings (SSSR count). The van der Waals surface area contributed by atoms with E-state index in [4.69, 9.17) is 4.74 Å². The maximum Gasteiger partial charge on any atom is 0.416 e. The number of aryl methyl sites for hydroxylation is 1. The van der Waals surface area contributed by atoms with Crippen molar-refractivity contribution < 1.29 is 22.7 Å². The van der Waals surface area contributed by atoms with Crippen LogP contribution in [0.1, 0.15) is 23.2 Å². The molecule has 0 N–H and O–H groups in total. The molecule has 28 heavy (non-hydrogen) atoms. The summed E-state index contributed by atoms with van der Waals surface area (Å²) in [5.74, 6) is 1.30. The molecule has 0 atom stereocenters. The summed E-state index contributed by atoms with van der Waals surface area (Å²) >= 11 is 0. The van der Waals surface area contributed by atoms with Gasteiger partial charge < -0.3 is 9.30 Å². The molecule has 8 heteroatoms. The van der Waals surface area contributed by atoms with Gasteiger partial charge in [-0.3, -0.25) is 9.78 Å². The Balaban J connectivity index is 1.90. The van der Waals surface area contributed by atoms with Crippen LogP contribution in [-0.2, 0) is 7.05 Å². The summed E-state index contributed by atoms with van der Waals surface area (Å²) < 4.78 is 46.0. The molecule has 0 radical (unpaired) electrons. The molecule has 2 heterocycles. The zero-order chi connectivity index (χ0) is 20.3. The fraction of sp³-hybridized carbons (Fsp3) is 0.150. The van der Waals surface area contributed by atoms with Gasteiger partial charge in [-0.1, -0.05) is 6.08 Å². The number of ether oxygens (including phenoxy) is 1. The molecule has 3 aromatic rings. The molecular weight excluding hydrogens is 371 g/mol. The van der Waals surface area contributed by atoms with E-state index in [-0.39, 0.29) is 5.69 Å². The molecule has 0 saturated heterocycles. The van der Waals surface area contributed by atoms with E-state index in [1.165, 1.54) is 25.3 Å². The van der Waals surface area contributed by atoms with Crippen molar-refractivity contribution in [2.45, 2.75) is 13.1 Å². The summed E-state index contributed by atoms with van der Waals surface area (Å²) in [6.45, 7) is 1.33. The van der Waals surface area contributed by atoms with Crippen molar-refractivity contribution in [2.75, 3.05) is 0 Å². The lowest BCUT2D eigenvalue weighted by Crippen LogP contribution is -2.09. The number of fused-ring (bicyclic) bond motifs is 1. The zero-order valence-corrected chi connectivity index (χ0v) is 15.1. The number of carbonyl (C=O) groups is 1. The Morgan fingerprint density at radius 1 is 1.18 bits per heavy atom. The molecule has 0 saturated carbocycles. The van der Waals surface area contributed by atoms with Crippen molar-refractivity contribution in [2.24, 2.45) is 7.05 Å². The van der Waals surface area contributed by atoms with Crippen LogP contribution in [0.15, 0.2) is 54.3 Å². The van der Waals surface area contributed by atoms with E-state index in [9.17, 15) is 18.0 Å². The molecule has 0 aliphatic heterocycles. The van der Waals surface area contributed by atoms with Gasteiger partial charge in [0.1, 0.15) is 23.0 Å². The highest BCUT2D eigenvalue weighted by Gasteiger charge is 2.30. The maximum atomic E-state index is 12.9. The third kappa shape index (κ3) is 4.11. The first-order chi connectivity index (χ1) is 13.3. The van der Waals surface area contributed by atoms with Crippen molar-refractivity contribution in [1.29, 1.82) is 0 Å². The zero-order valence-electron chi connectivity index (χ0n) is 15.1. The van der Waals surface area contributed by atoms with E-state index < -0.39 is 11.7 Å². The number of aromatic nitrogens is 3. The topological polar surface area (TPSA) is 57.0 Å². The average molecular weight is 387 g/mol. The van der Waals surface area contributed by atoms with Crippen LogP contribution in [0.25, 0.3) is 17.1 Å². The number of pyridine rings is 1. The number of allylic oxidation sites excluding steroid dienone is 3. The van der Waals surface area contributed by atoms with Crippen molar-refractivity contribution in [3.05, 3.63) is 65.8 Å². The van der Waals surface area contributed by atoms with Gasteiger partial charge in [0, 0.05) is 25.4 Å². The van der Waals surface area contributed by atoms with Crippen LogP contribution in [-0.4, -0.2) is 27.0 Å². The number of carbonyl (C=O) groups excluding carboxylic acids is 1. The van der Waals surface area contributed by atoms with Gasteiger partial charge in [0.2, 0.25) is 0 Å². The van der Waals surface area contributed by atoms with E-state index in [0.29, 0.717) is 29.1 Å². The molecule has 0 unspecified atom stereocenters. The van der Waals surface area contributed by atoms with Gasteiger partial charge in [-0.25, -0.2) is 4.98 Å². The van der Waals surface area contributed by atoms with Crippen LogP contribution in [0, 0.1) is 0 Å². The molecular formula is C20H16F3N3O2. The largest absolute Gasteiger partial charge is 0.457 e. The number of halogens is 3. The van der Waals surface area contributed by atoms with Gasteiger partial charge in [-0.2, -0.15) is 13.2 Å². The van der Waals surface area contributed by atoms with Crippen LogP contribution < -0.4 is 4.74 Å². The minimum Gasteiger partial charge on any atom is -0.457 e. The Kier molecular flexibility index (Phi) is 5.30. The Labute approximate surface area is 158 Å². The van der Waals surface area contributed by atoms with Crippen LogP contribution in [0.4, 0.5) is 13.2 Å². The van der Waals surface area contributed by atoms with Crippen LogP contribution >= 0.6 is 0 Å². The number of rotatable bonds is 5. The first kappa shape index (κ1) is 19.3. The fourth-order valence-electron chi connectivity index (χ4n) is 2.62. The summed E-state index contributed by atoms with van der Waals surface area (Å²) in [5.41, 5.74) is 0.809. The van der Waals surface area contributed by atoms with Crippen molar-refractivity contribution in [1.82, 2.24) is 14.5 Å². The lowest BCUT2D eigenvalue weighted by molar-refractivity contribution is -0.0882. The molecule has 5 nitrogen and oxygen atoms in total. The van der Waals surface area contributed by atoms with Gasteiger partial charge in [-0.05, 0) is 37.3 Å². The van der Waals surface area contributed by atoms with Crippen molar-refractivity contribution in [3.63, 3.8) is 0 Å². The second-order valence-corrected chi connectivity index (χ2v) is 5.89. The molecule has 0 aliphatic rings. The molecule has 0 bridgehead atoms. The minimum atomic E-state index is -4.41.